The molecule has 1 fully saturated rings. The van der Waals surface area contributed by atoms with E-state index in [0.29, 0.717) is 19.5 Å². The Hall–Kier alpha value is -0.900. The first-order valence-corrected chi connectivity index (χ1v) is 5.53. The summed E-state index contributed by atoms with van der Waals surface area (Å²) in [5.74, 6) is 0.208. The molecule has 14 heavy (non-hydrogen) atoms. The van der Waals surface area contributed by atoms with Crippen LogP contribution in [-0.4, -0.2) is 30.6 Å². The predicted molar refractivity (Wildman–Crippen MR) is 54.1 cm³/mol. The van der Waals surface area contributed by atoms with Crippen LogP contribution < -0.4 is 0 Å². The Bertz CT molecular complexity index is 306. The lowest BCUT2D eigenvalue weighted by Crippen LogP contribution is -2.51. The first kappa shape index (κ1) is 9.65. The normalized spacial score (nSPS) is 16.8. The summed E-state index contributed by atoms with van der Waals surface area (Å²) in [5.41, 5.74) is 0. The van der Waals surface area contributed by atoms with Crippen molar-refractivity contribution in [2.45, 2.75) is 6.42 Å². The van der Waals surface area contributed by atoms with Crippen molar-refractivity contribution in [2.75, 3.05) is 19.8 Å². The fraction of sp³-hybridized carbons (Fsp3) is 0.500. The maximum atomic E-state index is 12.1. The quantitative estimate of drug-likeness (QED) is 0.748. The number of alkyl halides is 1. The van der Waals surface area contributed by atoms with Crippen molar-refractivity contribution in [1.29, 1.82) is 0 Å². The van der Waals surface area contributed by atoms with E-state index in [-0.39, 0.29) is 18.5 Å². The summed E-state index contributed by atoms with van der Waals surface area (Å²) in [4.78, 5) is 14.4. The van der Waals surface area contributed by atoms with Gasteiger partial charge in [0.15, 0.2) is 0 Å². The second-order valence-corrected chi connectivity index (χ2v) is 4.61. The molecule has 1 saturated heterocycles. The molecular weight excluding hydrogens is 201 g/mol. The van der Waals surface area contributed by atoms with Crippen molar-refractivity contribution in [3.8, 4) is 0 Å². The summed E-state index contributed by atoms with van der Waals surface area (Å²) in [6, 6.07) is 3.89. The van der Waals surface area contributed by atoms with Crippen LogP contribution in [0.1, 0.15) is 4.88 Å². The van der Waals surface area contributed by atoms with E-state index >= 15 is 0 Å². The molecule has 0 unspecified atom stereocenters. The van der Waals surface area contributed by atoms with Gasteiger partial charge in [0.25, 0.3) is 0 Å². The van der Waals surface area contributed by atoms with E-state index in [0.717, 1.165) is 4.88 Å². The lowest BCUT2D eigenvalue weighted by Gasteiger charge is -2.37. The van der Waals surface area contributed by atoms with Gasteiger partial charge in [-0.1, -0.05) is 6.07 Å². The molecule has 1 aromatic rings. The fourth-order valence-corrected chi connectivity index (χ4v) is 2.24. The largest absolute Gasteiger partial charge is 0.341 e. The smallest absolute Gasteiger partial charge is 0.227 e. The van der Waals surface area contributed by atoms with Gasteiger partial charge in [-0.2, -0.15) is 0 Å². The number of likely N-dealkylation sites (tertiary alicyclic amines) is 1. The second-order valence-electron chi connectivity index (χ2n) is 3.58. The molecule has 2 rings (SSSR count). The van der Waals surface area contributed by atoms with Crippen molar-refractivity contribution in [2.24, 2.45) is 5.92 Å². The number of rotatable bonds is 3. The van der Waals surface area contributed by atoms with E-state index in [1.165, 1.54) is 0 Å². The number of hydrogen-bond donors (Lipinski definition) is 0. The van der Waals surface area contributed by atoms with Crippen LogP contribution in [0.15, 0.2) is 17.5 Å². The first-order valence-electron chi connectivity index (χ1n) is 4.65. The Kier molecular flexibility index (Phi) is 2.82. The molecule has 1 aromatic heterocycles. The number of halogens is 1. The SMILES string of the molecule is O=C(Cc1cccs1)N1CC(CF)C1. The molecule has 4 heteroatoms. The minimum absolute atomic E-state index is 0.0854. The molecule has 0 aromatic carbocycles. The topological polar surface area (TPSA) is 20.3 Å². The monoisotopic (exact) mass is 213 g/mol. The van der Waals surface area contributed by atoms with Crippen molar-refractivity contribution in [3.63, 3.8) is 0 Å². The van der Waals surface area contributed by atoms with Crippen molar-refractivity contribution in [3.05, 3.63) is 22.4 Å². The average molecular weight is 213 g/mol. The molecule has 0 N–H and O–H groups in total. The first-order chi connectivity index (χ1) is 6.79. The van der Waals surface area contributed by atoms with Crippen LogP contribution in [-0.2, 0) is 11.2 Å². The molecule has 0 radical (unpaired) electrons. The van der Waals surface area contributed by atoms with Gasteiger partial charge in [0.1, 0.15) is 0 Å². The number of nitrogens with zero attached hydrogens (tertiary/aromatic N) is 1. The highest BCUT2D eigenvalue weighted by atomic mass is 32.1. The van der Waals surface area contributed by atoms with E-state index < -0.39 is 0 Å². The minimum atomic E-state index is -0.303. The van der Waals surface area contributed by atoms with E-state index in [9.17, 15) is 9.18 Å². The zero-order valence-corrected chi connectivity index (χ0v) is 8.60. The molecule has 0 spiro atoms. The van der Waals surface area contributed by atoms with Gasteiger partial charge in [0, 0.05) is 23.9 Å². The molecule has 1 amide bonds. The van der Waals surface area contributed by atoms with Crippen molar-refractivity contribution < 1.29 is 9.18 Å². The maximum absolute atomic E-state index is 12.1. The molecule has 0 saturated carbocycles. The number of carbonyl (C=O) groups excluding carboxylic acids is 1. The van der Waals surface area contributed by atoms with Crippen molar-refractivity contribution in [1.82, 2.24) is 4.90 Å². The third-order valence-corrected chi connectivity index (χ3v) is 3.31. The molecule has 2 heterocycles. The number of amides is 1. The molecule has 0 aliphatic carbocycles. The van der Waals surface area contributed by atoms with Gasteiger partial charge in [0.05, 0.1) is 13.1 Å². The summed E-state index contributed by atoms with van der Waals surface area (Å²) in [6.45, 7) is 0.893. The van der Waals surface area contributed by atoms with Crippen LogP contribution >= 0.6 is 11.3 Å². The van der Waals surface area contributed by atoms with Gasteiger partial charge in [-0.05, 0) is 11.4 Å². The van der Waals surface area contributed by atoms with Crippen LogP contribution in [0.5, 0.6) is 0 Å². The fourth-order valence-electron chi connectivity index (χ4n) is 1.55. The Morgan fingerprint density at radius 3 is 3.00 bits per heavy atom. The molecule has 2 nitrogen and oxygen atoms in total. The highest BCUT2D eigenvalue weighted by Gasteiger charge is 2.30. The maximum Gasteiger partial charge on any atom is 0.227 e. The summed E-state index contributed by atoms with van der Waals surface area (Å²) in [6.07, 6.45) is 0.469. The third kappa shape index (κ3) is 1.95. The molecule has 76 valence electrons. The van der Waals surface area contributed by atoms with Crippen molar-refractivity contribution >= 4 is 17.2 Å². The molecule has 0 bridgehead atoms. The highest BCUT2D eigenvalue weighted by Crippen LogP contribution is 2.18. The van der Waals surface area contributed by atoms with Crippen LogP contribution in [0.2, 0.25) is 0 Å². The average Bonchev–Trinajstić information content (AvgIpc) is 2.54. The van der Waals surface area contributed by atoms with E-state index in [1.807, 2.05) is 17.5 Å². The van der Waals surface area contributed by atoms with Gasteiger partial charge in [0.2, 0.25) is 5.91 Å². The minimum Gasteiger partial charge on any atom is -0.341 e. The molecular formula is C10H12FNOS. The molecule has 1 aliphatic rings. The predicted octanol–water partition coefficient (Wildman–Crippen LogP) is 1.72. The summed E-state index contributed by atoms with van der Waals surface area (Å²) in [5, 5.41) is 1.96. The Morgan fingerprint density at radius 2 is 2.43 bits per heavy atom. The van der Waals surface area contributed by atoms with Crippen LogP contribution in [0.3, 0.4) is 0 Å². The number of hydrogen-bond acceptors (Lipinski definition) is 2. The molecule has 1 aliphatic heterocycles. The van der Waals surface area contributed by atoms with Crippen LogP contribution in [0, 0.1) is 5.92 Å². The standard InChI is InChI=1S/C10H12FNOS/c11-5-8-6-12(7-8)10(13)4-9-2-1-3-14-9/h1-3,8H,4-7H2. The lowest BCUT2D eigenvalue weighted by molar-refractivity contribution is -0.137. The zero-order valence-electron chi connectivity index (χ0n) is 7.78. The Balaban J connectivity index is 1.80. The van der Waals surface area contributed by atoms with E-state index in [1.54, 1.807) is 16.2 Å². The van der Waals surface area contributed by atoms with Crippen LogP contribution in [0.4, 0.5) is 4.39 Å². The Morgan fingerprint density at radius 1 is 1.64 bits per heavy atom. The van der Waals surface area contributed by atoms with Gasteiger partial charge < -0.3 is 4.90 Å². The summed E-state index contributed by atoms with van der Waals surface area (Å²) < 4.78 is 12.1. The van der Waals surface area contributed by atoms with E-state index in [4.69, 9.17) is 0 Å². The Labute approximate surface area is 86.3 Å². The van der Waals surface area contributed by atoms with Gasteiger partial charge in [-0.25, -0.2) is 0 Å². The van der Waals surface area contributed by atoms with Gasteiger partial charge in [-0.3, -0.25) is 9.18 Å². The number of thiophene rings is 1. The molecule has 0 atom stereocenters. The van der Waals surface area contributed by atoms with Gasteiger partial charge in [-0.15, -0.1) is 11.3 Å². The van der Waals surface area contributed by atoms with Crippen LogP contribution in [0.25, 0.3) is 0 Å². The third-order valence-electron chi connectivity index (χ3n) is 2.43. The lowest BCUT2D eigenvalue weighted by atomic mass is 10.0. The zero-order chi connectivity index (χ0) is 9.97. The van der Waals surface area contributed by atoms with E-state index in [2.05, 4.69) is 0 Å². The summed E-state index contributed by atoms with van der Waals surface area (Å²) in [7, 11) is 0. The van der Waals surface area contributed by atoms with Gasteiger partial charge >= 0.3 is 0 Å². The number of carbonyl (C=O) groups is 1. The highest BCUT2D eigenvalue weighted by molar-refractivity contribution is 7.10. The summed E-state index contributed by atoms with van der Waals surface area (Å²) >= 11 is 1.59. The second kappa shape index (κ2) is 4.09.